The Kier molecular flexibility index (Phi) is 4.14. The van der Waals surface area contributed by atoms with Crippen LogP contribution in [0, 0.1) is 5.92 Å². The molecule has 2 heteroatoms. The fourth-order valence-electron chi connectivity index (χ4n) is 3.12. The Morgan fingerprint density at radius 1 is 0.950 bits per heavy atom. The lowest BCUT2D eigenvalue weighted by Crippen LogP contribution is -2.51. The summed E-state index contributed by atoms with van der Waals surface area (Å²) in [6, 6.07) is 22.1. The molecule has 0 spiro atoms. The van der Waals surface area contributed by atoms with E-state index in [4.69, 9.17) is 0 Å². The van der Waals surface area contributed by atoms with Gasteiger partial charge in [-0.25, -0.2) is 0 Å². The second-order valence-electron chi connectivity index (χ2n) is 5.60. The molecule has 2 aromatic rings. The van der Waals surface area contributed by atoms with Crippen LogP contribution in [0.3, 0.4) is 0 Å². The van der Waals surface area contributed by atoms with Crippen molar-refractivity contribution in [1.29, 1.82) is 0 Å². The van der Waals surface area contributed by atoms with Gasteiger partial charge < -0.3 is 5.32 Å². The minimum absolute atomic E-state index is 0.394. The predicted molar refractivity (Wildman–Crippen MR) is 83.7 cm³/mol. The quantitative estimate of drug-likeness (QED) is 0.895. The van der Waals surface area contributed by atoms with E-state index < -0.39 is 0 Å². The van der Waals surface area contributed by atoms with E-state index in [0.29, 0.717) is 6.04 Å². The zero-order chi connectivity index (χ0) is 13.8. The Hall–Kier alpha value is -1.64. The van der Waals surface area contributed by atoms with Crippen LogP contribution in [0.15, 0.2) is 60.7 Å². The molecular formula is C18H22N2. The molecule has 1 fully saturated rings. The Morgan fingerprint density at radius 2 is 1.45 bits per heavy atom. The highest BCUT2D eigenvalue weighted by atomic mass is 15.2. The third kappa shape index (κ3) is 2.77. The van der Waals surface area contributed by atoms with Crippen LogP contribution in [0.4, 0.5) is 0 Å². The molecule has 0 atom stereocenters. The van der Waals surface area contributed by atoms with Crippen molar-refractivity contribution in [3.05, 3.63) is 71.8 Å². The van der Waals surface area contributed by atoms with Gasteiger partial charge >= 0.3 is 0 Å². The molecule has 2 nitrogen and oxygen atoms in total. The van der Waals surface area contributed by atoms with Crippen LogP contribution in [0.2, 0.25) is 0 Å². The average molecular weight is 266 g/mol. The molecule has 0 radical (unpaired) electrons. The lowest BCUT2D eigenvalue weighted by molar-refractivity contribution is 0.0696. The van der Waals surface area contributed by atoms with E-state index in [1.807, 2.05) is 7.05 Å². The summed E-state index contributed by atoms with van der Waals surface area (Å²) in [4.78, 5) is 2.58. The third-order valence-electron chi connectivity index (χ3n) is 4.07. The minimum atomic E-state index is 0.394. The zero-order valence-electron chi connectivity index (χ0n) is 12.0. The van der Waals surface area contributed by atoms with Crippen LogP contribution in [-0.4, -0.2) is 31.6 Å². The van der Waals surface area contributed by atoms with Crippen molar-refractivity contribution in [2.24, 2.45) is 5.92 Å². The molecule has 1 saturated heterocycles. The van der Waals surface area contributed by atoms with Crippen molar-refractivity contribution < 1.29 is 0 Å². The van der Waals surface area contributed by atoms with Gasteiger partial charge in [-0.2, -0.15) is 0 Å². The first-order valence-corrected chi connectivity index (χ1v) is 7.37. The van der Waals surface area contributed by atoms with Gasteiger partial charge in [-0.15, -0.1) is 0 Å². The second kappa shape index (κ2) is 6.21. The molecule has 0 amide bonds. The summed E-state index contributed by atoms with van der Waals surface area (Å²) in [6.45, 7) is 3.47. The van der Waals surface area contributed by atoms with Crippen LogP contribution in [0.1, 0.15) is 17.2 Å². The maximum atomic E-state index is 3.28. The van der Waals surface area contributed by atoms with Crippen LogP contribution in [0.25, 0.3) is 0 Å². The van der Waals surface area contributed by atoms with E-state index >= 15 is 0 Å². The fourth-order valence-corrected chi connectivity index (χ4v) is 3.12. The van der Waals surface area contributed by atoms with E-state index in [9.17, 15) is 0 Å². The minimum Gasteiger partial charge on any atom is -0.319 e. The first-order chi connectivity index (χ1) is 9.88. The molecule has 0 saturated carbocycles. The number of likely N-dealkylation sites (tertiary alicyclic amines) is 1. The van der Waals surface area contributed by atoms with Crippen LogP contribution >= 0.6 is 0 Å². The highest BCUT2D eigenvalue weighted by Gasteiger charge is 2.33. The number of nitrogens with one attached hydrogen (secondary N) is 1. The molecule has 20 heavy (non-hydrogen) atoms. The molecule has 104 valence electrons. The number of rotatable bonds is 5. The Balaban J connectivity index is 1.83. The summed E-state index contributed by atoms with van der Waals surface area (Å²) in [5, 5.41) is 3.28. The highest BCUT2D eigenvalue weighted by Crippen LogP contribution is 2.33. The molecular weight excluding hydrogens is 244 g/mol. The van der Waals surface area contributed by atoms with E-state index in [1.54, 1.807) is 0 Å². The summed E-state index contributed by atoms with van der Waals surface area (Å²) >= 11 is 0. The molecule has 0 aromatic heterocycles. The molecule has 1 heterocycles. The van der Waals surface area contributed by atoms with Crippen molar-refractivity contribution in [3.63, 3.8) is 0 Å². The lowest BCUT2D eigenvalue weighted by atomic mass is 9.90. The monoisotopic (exact) mass is 266 g/mol. The first-order valence-electron chi connectivity index (χ1n) is 7.37. The summed E-state index contributed by atoms with van der Waals surface area (Å²) in [5.74, 6) is 0.787. The number of nitrogens with zero attached hydrogens (tertiary/aromatic N) is 1. The Bertz CT molecular complexity index is 478. The largest absolute Gasteiger partial charge is 0.319 e. The number of benzene rings is 2. The van der Waals surface area contributed by atoms with Crippen molar-refractivity contribution in [2.75, 3.05) is 26.7 Å². The average Bonchev–Trinajstić information content (AvgIpc) is 2.47. The van der Waals surface area contributed by atoms with Crippen molar-refractivity contribution >= 4 is 0 Å². The zero-order valence-corrected chi connectivity index (χ0v) is 12.0. The molecule has 3 rings (SSSR count). The highest BCUT2D eigenvalue weighted by molar-refractivity contribution is 5.32. The molecule has 2 aromatic carbocycles. The van der Waals surface area contributed by atoms with E-state index in [1.165, 1.54) is 24.2 Å². The topological polar surface area (TPSA) is 15.3 Å². The number of hydrogen-bond acceptors (Lipinski definition) is 2. The van der Waals surface area contributed by atoms with Crippen molar-refractivity contribution in [1.82, 2.24) is 10.2 Å². The molecule has 0 unspecified atom stereocenters. The van der Waals surface area contributed by atoms with Crippen LogP contribution in [0.5, 0.6) is 0 Å². The molecule has 0 aliphatic carbocycles. The van der Waals surface area contributed by atoms with Gasteiger partial charge in [-0.05, 0) is 24.1 Å². The van der Waals surface area contributed by atoms with E-state index in [-0.39, 0.29) is 0 Å². The molecule has 1 aliphatic rings. The number of hydrogen-bond donors (Lipinski definition) is 1. The second-order valence-corrected chi connectivity index (χ2v) is 5.60. The normalized spacial score (nSPS) is 16.3. The van der Waals surface area contributed by atoms with Crippen LogP contribution < -0.4 is 5.32 Å². The van der Waals surface area contributed by atoms with Gasteiger partial charge in [0.1, 0.15) is 0 Å². The maximum absolute atomic E-state index is 3.28. The molecule has 1 N–H and O–H groups in total. The smallest absolute Gasteiger partial charge is 0.0602 e. The van der Waals surface area contributed by atoms with Gasteiger partial charge in [0.25, 0.3) is 0 Å². The standard InChI is InChI=1S/C18H22N2/c1-19-12-15-13-20(14-15)18(16-8-4-2-5-9-16)17-10-6-3-7-11-17/h2-11,15,18-19H,12-14H2,1H3. The maximum Gasteiger partial charge on any atom is 0.0602 e. The van der Waals surface area contributed by atoms with Crippen molar-refractivity contribution in [3.8, 4) is 0 Å². The van der Waals surface area contributed by atoms with Crippen molar-refractivity contribution in [2.45, 2.75) is 6.04 Å². The van der Waals surface area contributed by atoms with Gasteiger partial charge in [0, 0.05) is 19.6 Å². The van der Waals surface area contributed by atoms with Gasteiger partial charge in [0.2, 0.25) is 0 Å². The van der Waals surface area contributed by atoms with Gasteiger partial charge in [0.05, 0.1) is 6.04 Å². The van der Waals surface area contributed by atoms with Gasteiger partial charge in [-0.1, -0.05) is 60.7 Å². The molecule has 0 bridgehead atoms. The van der Waals surface area contributed by atoms with Gasteiger partial charge in [0.15, 0.2) is 0 Å². The summed E-state index contributed by atoms with van der Waals surface area (Å²) in [7, 11) is 2.04. The Morgan fingerprint density at radius 3 is 1.90 bits per heavy atom. The third-order valence-corrected chi connectivity index (χ3v) is 4.07. The predicted octanol–water partition coefficient (Wildman–Crippen LogP) is 2.93. The molecule has 1 aliphatic heterocycles. The first kappa shape index (κ1) is 13.3. The van der Waals surface area contributed by atoms with Gasteiger partial charge in [-0.3, -0.25) is 4.90 Å². The summed E-state index contributed by atoms with van der Waals surface area (Å²) in [5.41, 5.74) is 2.78. The fraction of sp³-hybridized carbons (Fsp3) is 0.333. The van der Waals surface area contributed by atoms with E-state index in [0.717, 1.165) is 12.5 Å². The summed E-state index contributed by atoms with van der Waals surface area (Å²) < 4.78 is 0. The Labute approximate surface area is 121 Å². The van der Waals surface area contributed by atoms with E-state index in [2.05, 4.69) is 70.9 Å². The van der Waals surface area contributed by atoms with Crippen LogP contribution in [-0.2, 0) is 0 Å². The summed E-state index contributed by atoms with van der Waals surface area (Å²) in [6.07, 6.45) is 0. The SMILES string of the molecule is CNCC1CN(C(c2ccccc2)c2ccccc2)C1. The lowest BCUT2D eigenvalue weighted by Gasteiger charge is -2.45.